The summed E-state index contributed by atoms with van der Waals surface area (Å²) in [6.45, 7) is 10.4. The van der Waals surface area contributed by atoms with Gasteiger partial charge in [0.15, 0.2) is 0 Å². The van der Waals surface area contributed by atoms with Crippen molar-refractivity contribution in [3.8, 4) is 50.6 Å². The fraction of sp³-hybridized carbons (Fsp3) is 0.217. The van der Waals surface area contributed by atoms with Gasteiger partial charge in [-0.05, 0) is 65.4 Å². The van der Waals surface area contributed by atoms with Crippen molar-refractivity contribution in [2.45, 2.75) is 77.5 Å². The Morgan fingerprint density at radius 2 is 1.45 bits per heavy atom. The van der Waals surface area contributed by atoms with Gasteiger partial charge in [-0.1, -0.05) is 105 Å². The maximum absolute atomic E-state index is 8.60. The van der Waals surface area contributed by atoms with E-state index < -0.39 is 26.5 Å². The second kappa shape index (κ2) is 19.4. The molecule has 0 spiro atoms. The summed E-state index contributed by atoms with van der Waals surface area (Å²) in [6, 6.07) is 55.6. The topological polar surface area (TPSA) is 56.7 Å². The fourth-order valence-electron chi connectivity index (χ4n) is 8.50. The molecule has 1 radical (unpaired) electrons. The van der Waals surface area contributed by atoms with Crippen molar-refractivity contribution in [1.29, 1.82) is 0 Å². The van der Waals surface area contributed by atoms with Crippen LogP contribution in [-0.2, 0) is 31.9 Å². The third kappa shape index (κ3) is 9.90. The molecular weight excluding hydrogens is 1060 g/mol. The number of fused-ring (bicyclic) bond motifs is 4. The Bertz CT molecular complexity index is 3500. The Hall–Kier alpha value is -5.92. The molecule has 339 valence electrons. The van der Waals surface area contributed by atoms with Gasteiger partial charge < -0.3 is 8.98 Å². The Kier molecular flexibility index (Phi) is 11.9. The summed E-state index contributed by atoms with van der Waals surface area (Å²) < 4.78 is 49.5. The molecule has 0 aliphatic carbocycles. The zero-order valence-corrected chi connectivity index (χ0v) is 44.0. The van der Waals surface area contributed by atoms with Crippen LogP contribution in [0.5, 0.6) is 0 Å². The van der Waals surface area contributed by atoms with E-state index in [0.717, 1.165) is 76.8 Å². The van der Waals surface area contributed by atoms with Crippen molar-refractivity contribution in [2.24, 2.45) is 5.92 Å². The molecule has 0 unspecified atom stereocenters. The van der Waals surface area contributed by atoms with E-state index in [-0.39, 0.29) is 37.0 Å². The van der Waals surface area contributed by atoms with E-state index >= 15 is 0 Å². The summed E-state index contributed by atoms with van der Waals surface area (Å²) in [5, 5.41) is 1.98. The van der Waals surface area contributed by atoms with Gasteiger partial charge in [-0.15, -0.1) is 18.2 Å². The molecule has 4 heterocycles. The predicted octanol–water partition coefficient (Wildman–Crippen LogP) is 15.3. The zero-order valence-electron chi connectivity index (χ0n) is 44.5. The van der Waals surface area contributed by atoms with Crippen molar-refractivity contribution < 1.29 is 31.4 Å². The molecular formula is C60H58GeIrN4O-2. The molecule has 5 nitrogen and oxygen atoms in total. The minimum absolute atomic E-state index is 0. The van der Waals surface area contributed by atoms with E-state index in [1.165, 1.54) is 11.6 Å². The Morgan fingerprint density at radius 3 is 2.06 bits per heavy atom. The average Bonchev–Trinajstić information content (AvgIpc) is 3.91. The number of nitrogens with zero attached hydrogens (tertiary/aromatic N) is 4. The maximum Gasteiger partial charge on any atom is 0 e. The Balaban J connectivity index is 0.000000221. The van der Waals surface area contributed by atoms with Gasteiger partial charge in [0, 0.05) is 42.3 Å². The van der Waals surface area contributed by atoms with Gasteiger partial charge >= 0.3 is 139 Å². The first kappa shape index (κ1) is 41.3. The molecule has 0 fully saturated rings. The number of hydrogen-bond acceptors (Lipinski definition) is 4. The van der Waals surface area contributed by atoms with Crippen LogP contribution in [0.15, 0.2) is 156 Å². The van der Waals surface area contributed by atoms with Crippen LogP contribution in [0.4, 0.5) is 0 Å². The molecule has 7 heteroatoms. The van der Waals surface area contributed by atoms with Crippen molar-refractivity contribution >= 4 is 50.8 Å². The SMILES string of the molecule is Cc1ccc2c(n1)oc1c(-c3nc4ccccc4n3-c3c(-c4ccccc4)cc(C(C)(C)C)cc3-c3ccccc3)[c-]ccc12.[2H]C([2H])([2H])c1c[c-]c(-c2cc(C([2H])([2H])C(C)C)[c]([Ge]([CH3])([CH3])[CH3])cn2)cc1.[Ir]. The van der Waals surface area contributed by atoms with E-state index in [4.69, 9.17) is 21.2 Å². The first-order valence-corrected chi connectivity index (χ1v) is 30.0. The second-order valence-corrected chi connectivity index (χ2v) is 29.9. The van der Waals surface area contributed by atoms with E-state index in [1.807, 2.05) is 51.2 Å². The van der Waals surface area contributed by atoms with Crippen molar-refractivity contribution in [2.75, 3.05) is 0 Å². The van der Waals surface area contributed by atoms with Gasteiger partial charge in [0.2, 0.25) is 5.71 Å². The Labute approximate surface area is 419 Å². The number of rotatable bonds is 8. The number of hydrogen-bond donors (Lipinski definition) is 0. The van der Waals surface area contributed by atoms with Crippen LogP contribution in [0, 0.1) is 31.8 Å². The number of furan rings is 1. The molecule has 0 saturated heterocycles. The fourth-order valence-corrected chi connectivity index (χ4v) is 11.4. The largest absolute Gasteiger partial charge is 0 e. The van der Waals surface area contributed by atoms with E-state index in [1.54, 1.807) is 12.1 Å². The third-order valence-electron chi connectivity index (χ3n) is 11.8. The summed E-state index contributed by atoms with van der Waals surface area (Å²) in [5.41, 5.74) is 14.1. The minimum Gasteiger partial charge on any atom is 0 e. The molecule has 0 aliphatic heterocycles. The summed E-state index contributed by atoms with van der Waals surface area (Å²) in [5.74, 6) is 7.30. The van der Waals surface area contributed by atoms with Crippen molar-refractivity contribution in [3.05, 3.63) is 186 Å². The second-order valence-electron chi connectivity index (χ2n) is 19.3. The van der Waals surface area contributed by atoms with Gasteiger partial charge in [-0.3, -0.25) is 4.98 Å². The number of aryl methyl sites for hydroxylation is 2. The Morgan fingerprint density at radius 1 is 0.776 bits per heavy atom. The molecule has 6 aromatic carbocycles. The number of pyridine rings is 2. The predicted molar refractivity (Wildman–Crippen MR) is 279 cm³/mol. The van der Waals surface area contributed by atoms with Crippen molar-refractivity contribution in [1.82, 2.24) is 19.5 Å². The van der Waals surface area contributed by atoms with E-state index in [2.05, 4.69) is 163 Å². The number of para-hydroxylation sites is 2. The van der Waals surface area contributed by atoms with Crippen molar-refractivity contribution in [3.63, 3.8) is 0 Å². The van der Waals surface area contributed by atoms with Crippen LogP contribution in [0.2, 0.25) is 17.3 Å². The van der Waals surface area contributed by atoms with Crippen LogP contribution in [0.1, 0.15) is 63.9 Å². The summed E-state index contributed by atoms with van der Waals surface area (Å²) in [4.78, 5) is 14.5. The molecule has 10 aromatic rings. The average molecular weight is 1120 g/mol. The van der Waals surface area contributed by atoms with Gasteiger partial charge in [-0.25, -0.2) is 4.98 Å². The molecule has 10 rings (SSSR count). The summed E-state index contributed by atoms with van der Waals surface area (Å²) in [7, 11) is 0. The first-order chi connectivity index (χ1) is 33.6. The molecule has 0 saturated carbocycles. The van der Waals surface area contributed by atoms with E-state index in [9.17, 15) is 0 Å². The van der Waals surface area contributed by atoms with Crippen LogP contribution < -0.4 is 4.40 Å². The summed E-state index contributed by atoms with van der Waals surface area (Å²) >= 11 is -2.32. The first-order valence-electron chi connectivity index (χ1n) is 25.1. The minimum atomic E-state index is -2.32. The monoisotopic (exact) mass is 1120 g/mol. The quantitative estimate of drug-likeness (QED) is 0.112. The van der Waals surface area contributed by atoms with Gasteiger partial charge in [-0.2, -0.15) is 0 Å². The molecule has 0 atom stereocenters. The van der Waals surface area contributed by atoms with Gasteiger partial charge in [0.05, 0.1) is 28.1 Å². The normalized spacial score (nSPS) is 13.3. The standard InChI is InChI=1S/C41H32N3O.C19H26GeN.Ir/c1-26-22-23-31-30-18-13-19-32(38(30)45-40(31)42-26)39-43-35-20-11-12-21-36(35)44(39)37-33(27-14-7-5-8-15-27)24-29(41(2,3)4)25-34(37)28-16-9-6-10-17-28;1-14(2)11-17-12-19(16-9-7-15(3)8-10-16)21-13-18(17)20(4,5)6;/h5-18,20-25H,1-4H3;7-9,12-14H,11H2,1-6H3;/q2*-1;/i;3D3,11D2;. The smallest absolute Gasteiger partial charge is 0 e. The molecule has 0 aliphatic rings. The molecule has 0 N–H and O–H groups in total. The van der Waals surface area contributed by atoms with Crippen LogP contribution in [0.3, 0.4) is 0 Å². The number of aromatic nitrogens is 4. The number of imidazole rings is 1. The summed E-state index contributed by atoms with van der Waals surface area (Å²) in [6.07, 6.45) is 0.362. The molecule has 4 aromatic heterocycles. The van der Waals surface area contributed by atoms with Crippen LogP contribution >= 0.6 is 0 Å². The molecule has 0 bridgehead atoms. The zero-order chi connectivity index (χ0) is 50.6. The van der Waals surface area contributed by atoms with Gasteiger partial charge in [0.1, 0.15) is 0 Å². The molecule has 67 heavy (non-hydrogen) atoms. The van der Waals surface area contributed by atoms with Gasteiger partial charge in [0.25, 0.3) is 0 Å². The van der Waals surface area contributed by atoms with Crippen LogP contribution in [0.25, 0.3) is 83.7 Å². The maximum atomic E-state index is 8.60. The number of benzene rings is 6. The third-order valence-corrected chi connectivity index (χ3v) is 16.1. The molecule has 0 amide bonds. The van der Waals surface area contributed by atoms with Crippen LogP contribution in [-0.4, -0.2) is 32.8 Å². The van der Waals surface area contributed by atoms with E-state index in [0.29, 0.717) is 22.5 Å².